The average Bonchev–Trinajstić information content (AvgIpc) is 2.51. The van der Waals surface area contributed by atoms with E-state index in [4.69, 9.17) is 0 Å². The number of hydrogen-bond acceptors (Lipinski definition) is 2. The Kier molecular flexibility index (Phi) is 5.65. The van der Waals surface area contributed by atoms with Gasteiger partial charge in [-0.15, -0.1) is 5.54 Å². The maximum Gasteiger partial charge on any atom is 0.240 e. The lowest BCUT2D eigenvalue weighted by atomic mass is 10.1. The van der Waals surface area contributed by atoms with E-state index in [1.807, 2.05) is 31.2 Å². The molecule has 0 saturated carbocycles. The van der Waals surface area contributed by atoms with E-state index in [-0.39, 0.29) is 11.4 Å². The van der Waals surface area contributed by atoms with E-state index in [0.717, 1.165) is 16.7 Å². The zero-order valence-electron chi connectivity index (χ0n) is 14.6. The highest BCUT2D eigenvalue weighted by Gasteiger charge is 2.14. The first kappa shape index (κ1) is 18.5. The molecule has 2 rings (SSSR count). The summed E-state index contributed by atoms with van der Waals surface area (Å²) in [5.41, 5.74) is 6.12. The summed E-state index contributed by atoms with van der Waals surface area (Å²) in [6.07, 6.45) is 0. The smallest absolute Gasteiger partial charge is 0.207 e. The molecule has 0 radical (unpaired) electrons. The molecule has 2 aromatic rings. The quantitative estimate of drug-likeness (QED) is 0.670. The molecule has 5 heteroatoms. The summed E-state index contributed by atoms with van der Waals surface area (Å²) in [6, 6.07) is 14.5. The summed E-state index contributed by atoms with van der Waals surface area (Å²) in [5.74, 6) is 3.21. The lowest BCUT2D eigenvalue weighted by Gasteiger charge is -2.09. The van der Waals surface area contributed by atoms with Crippen LogP contribution in [-0.4, -0.2) is 16.5 Å². The van der Waals surface area contributed by atoms with Gasteiger partial charge in [-0.2, -0.15) is 0 Å². The summed E-state index contributed by atoms with van der Waals surface area (Å²) >= 11 is 0. The van der Waals surface area contributed by atoms with Crippen LogP contribution in [0, 0.1) is 18.4 Å². The molecule has 0 bridgehead atoms. The number of aryl methyl sites for hydroxylation is 1. The van der Waals surface area contributed by atoms with Crippen LogP contribution in [-0.2, 0) is 16.6 Å². The van der Waals surface area contributed by atoms with Gasteiger partial charge in [-0.3, -0.25) is 0 Å². The molecule has 0 unspecified atom stereocenters. The molecule has 0 aliphatic heterocycles. The minimum atomic E-state index is -3.52. The van der Waals surface area contributed by atoms with E-state index in [2.05, 4.69) is 35.8 Å². The molecule has 1 N–H and O–H groups in total. The highest BCUT2D eigenvalue weighted by Crippen LogP contribution is 2.13. The molecule has 3 nitrogen and oxygen atoms in total. The standard InChI is InChI=1S/C19H23NO2SSi/c1-16-9-11-19(12-10-16)23(21,22)20-15-18-8-6-5-7-17(18)13-14-24(2,3)4/h5-12,20H,15H2,1-4H3. The fourth-order valence-electron chi connectivity index (χ4n) is 2.02. The van der Waals surface area contributed by atoms with Crippen molar-refractivity contribution in [1.82, 2.24) is 4.72 Å². The minimum Gasteiger partial charge on any atom is -0.207 e. The molecule has 0 spiro atoms. The molecule has 0 saturated heterocycles. The second kappa shape index (κ2) is 7.35. The molecular formula is C19H23NO2SSi. The largest absolute Gasteiger partial charge is 0.240 e. The third-order valence-electron chi connectivity index (χ3n) is 3.37. The highest BCUT2D eigenvalue weighted by molar-refractivity contribution is 7.89. The van der Waals surface area contributed by atoms with E-state index in [1.54, 1.807) is 24.3 Å². The maximum absolute atomic E-state index is 12.4. The molecule has 0 amide bonds. The number of rotatable bonds is 4. The second-order valence-electron chi connectivity index (χ2n) is 6.79. The number of sulfonamides is 1. The SMILES string of the molecule is Cc1ccc(S(=O)(=O)NCc2ccccc2C#C[Si](C)(C)C)cc1. The fraction of sp³-hybridized carbons (Fsp3) is 0.263. The average molecular weight is 358 g/mol. The van der Waals surface area contributed by atoms with Gasteiger partial charge in [0.05, 0.1) is 4.90 Å². The molecule has 2 aromatic carbocycles. The van der Waals surface area contributed by atoms with Gasteiger partial charge in [0.25, 0.3) is 0 Å². The lowest BCUT2D eigenvalue weighted by molar-refractivity contribution is 0.581. The number of nitrogens with one attached hydrogen (secondary N) is 1. The van der Waals surface area contributed by atoms with Gasteiger partial charge in [-0.05, 0) is 30.7 Å². The van der Waals surface area contributed by atoms with Crippen molar-refractivity contribution in [2.24, 2.45) is 0 Å². The van der Waals surface area contributed by atoms with Crippen LogP contribution < -0.4 is 4.72 Å². The summed E-state index contributed by atoms with van der Waals surface area (Å²) in [6.45, 7) is 8.71. The van der Waals surface area contributed by atoms with Crippen LogP contribution in [0.25, 0.3) is 0 Å². The van der Waals surface area contributed by atoms with Crippen LogP contribution in [0.3, 0.4) is 0 Å². The Morgan fingerprint density at radius 2 is 1.62 bits per heavy atom. The van der Waals surface area contributed by atoms with Crippen LogP contribution in [0.1, 0.15) is 16.7 Å². The van der Waals surface area contributed by atoms with Crippen LogP contribution >= 0.6 is 0 Å². The first-order valence-electron chi connectivity index (χ1n) is 7.85. The normalized spacial score (nSPS) is 11.7. The van der Waals surface area contributed by atoms with E-state index >= 15 is 0 Å². The van der Waals surface area contributed by atoms with Crippen molar-refractivity contribution in [3.8, 4) is 11.5 Å². The van der Waals surface area contributed by atoms with Crippen LogP contribution in [0.4, 0.5) is 0 Å². The second-order valence-corrected chi connectivity index (χ2v) is 13.3. The van der Waals surface area contributed by atoms with Gasteiger partial charge in [0.2, 0.25) is 10.0 Å². The van der Waals surface area contributed by atoms with Crippen LogP contribution in [0.2, 0.25) is 19.6 Å². The Morgan fingerprint density at radius 3 is 2.25 bits per heavy atom. The molecule has 0 fully saturated rings. The third-order valence-corrected chi connectivity index (χ3v) is 5.67. The van der Waals surface area contributed by atoms with Crippen molar-refractivity contribution < 1.29 is 8.42 Å². The van der Waals surface area contributed by atoms with Gasteiger partial charge >= 0.3 is 0 Å². The number of hydrogen-bond donors (Lipinski definition) is 1. The Bertz CT molecular complexity index is 870. The lowest BCUT2D eigenvalue weighted by Crippen LogP contribution is -2.23. The maximum atomic E-state index is 12.4. The van der Waals surface area contributed by atoms with Crippen molar-refractivity contribution in [1.29, 1.82) is 0 Å². The van der Waals surface area contributed by atoms with Crippen molar-refractivity contribution in [3.63, 3.8) is 0 Å². The predicted molar refractivity (Wildman–Crippen MR) is 102 cm³/mol. The van der Waals surface area contributed by atoms with Gasteiger partial charge < -0.3 is 0 Å². The zero-order valence-corrected chi connectivity index (χ0v) is 16.4. The van der Waals surface area contributed by atoms with Crippen molar-refractivity contribution in [2.45, 2.75) is 38.0 Å². The first-order chi connectivity index (χ1) is 11.2. The van der Waals surface area contributed by atoms with Crippen LogP contribution in [0.15, 0.2) is 53.4 Å². The Labute approximate surface area is 146 Å². The molecule has 24 heavy (non-hydrogen) atoms. The van der Waals surface area contributed by atoms with Gasteiger partial charge in [0.1, 0.15) is 8.07 Å². The summed E-state index contributed by atoms with van der Waals surface area (Å²) in [5, 5.41) is 0. The van der Waals surface area contributed by atoms with E-state index in [1.165, 1.54) is 0 Å². The highest BCUT2D eigenvalue weighted by atomic mass is 32.2. The van der Waals surface area contributed by atoms with E-state index < -0.39 is 18.1 Å². The molecular weight excluding hydrogens is 334 g/mol. The van der Waals surface area contributed by atoms with Gasteiger partial charge in [0, 0.05) is 12.1 Å². The summed E-state index contributed by atoms with van der Waals surface area (Å²) in [4.78, 5) is 0.277. The number of benzene rings is 2. The topological polar surface area (TPSA) is 46.2 Å². The summed E-state index contributed by atoms with van der Waals surface area (Å²) in [7, 11) is -5.01. The molecule has 0 atom stereocenters. The van der Waals surface area contributed by atoms with E-state index in [0.29, 0.717) is 0 Å². The fourth-order valence-corrected chi connectivity index (χ4v) is 3.54. The Hall–Kier alpha value is -1.87. The summed E-state index contributed by atoms with van der Waals surface area (Å²) < 4.78 is 27.5. The zero-order chi connectivity index (χ0) is 17.8. The monoisotopic (exact) mass is 357 g/mol. The molecule has 0 aliphatic carbocycles. The molecule has 0 heterocycles. The first-order valence-corrected chi connectivity index (χ1v) is 12.8. The van der Waals surface area contributed by atoms with Crippen LogP contribution in [0.5, 0.6) is 0 Å². The third kappa shape index (κ3) is 5.34. The predicted octanol–water partition coefficient (Wildman–Crippen LogP) is 3.70. The van der Waals surface area contributed by atoms with Gasteiger partial charge in [-0.25, -0.2) is 13.1 Å². The van der Waals surface area contributed by atoms with Crippen molar-refractivity contribution in [2.75, 3.05) is 0 Å². The Morgan fingerprint density at radius 1 is 1.00 bits per heavy atom. The van der Waals surface area contributed by atoms with Gasteiger partial charge in [0.15, 0.2) is 0 Å². The van der Waals surface area contributed by atoms with E-state index in [9.17, 15) is 8.42 Å². The molecule has 126 valence electrons. The molecule has 0 aliphatic rings. The van der Waals surface area contributed by atoms with Crippen molar-refractivity contribution in [3.05, 3.63) is 65.2 Å². The van der Waals surface area contributed by atoms with Crippen molar-refractivity contribution >= 4 is 18.1 Å². The Balaban J connectivity index is 2.20. The minimum absolute atomic E-state index is 0.229. The van der Waals surface area contributed by atoms with Gasteiger partial charge in [-0.1, -0.05) is 61.5 Å². The molecule has 0 aromatic heterocycles.